The summed E-state index contributed by atoms with van der Waals surface area (Å²) in [6.45, 7) is 1.78. The van der Waals surface area contributed by atoms with Crippen molar-refractivity contribution in [3.05, 3.63) is 46.2 Å². The molecule has 0 spiro atoms. The van der Waals surface area contributed by atoms with Crippen LogP contribution in [-0.2, 0) is 4.79 Å². The third kappa shape index (κ3) is 2.91. The SMILES string of the molecule is CC(C(=O)Nc1cc(Cl)ccc1Br)n1cccn1. The number of hydrogen-bond donors (Lipinski definition) is 1. The van der Waals surface area contributed by atoms with Gasteiger partial charge in [0.2, 0.25) is 5.91 Å². The quantitative estimate of drug-likeness (QED) is 0.937. The highest BCUT2D eigenvalue weighted by Crippen LogP contribution is 2.26. The second-order valence-corrected chi connectivity index (χ2v) is 5.07. The van der Waals surface area contributed by atoms with E-state index >= 15 is 0 Å². The molecule has 1 aromatic heterocycles. The zero-order chi connectivity index (χ0) is 13.1. The second-order valence-electron chi connectivity index (χ2n) is 3.78. The van der Waals surface area contributed by atoms with E-state index in [4.69, 9.17) is 11.6 Å². The van der Waals surface area contributed by atoms with Crippen molar-refractivity contribution in [2.45, 2.75) is 13.0 Å². The molecule has 0 aliphatic heterocycles. The van der Waals surface area contributed by atoms with E-state index < -0.39 is 0 Å². The fourth-order valence-corrected chi connectivity index (χ4v) is 1.98. The maximum atomic E-state index is 12.0. The van der Waals surface area contributed by atoms with Crippen molar-refractivity contribution in [1.82, 2.24) is 9.78 Å². The average Bonchev–Trinajstić information content (AvgIpc) is 2.86. The zero-order valence-corrected chi connectivity index (χ0v) is 11.9. The lowest BCUT2D eigenvalue weighted by Crippen LogP contribution is -2.24. The molecule has 0 fully saturated rings. The Hall–Kier alpha value is -1.33. The summed E-state index contributed by atoms with van der Waals surface area (Å²) in [4.78, 5) is 12.0. The molecule has 0 aliphatic carbocycles. The molecule has 0 saturated carbocycles. The minimum absolute atomic E-state index is 0.151. The van der Waals surface area contributed by atoms with E-state index in [1.165, 1.54) is 0 Å². The number of nitrogens with one attached hydrogen (secondary N) is 1. The zero-order valence-electron chi connectivity index (χ0n) is 9.60. The third-order valence-corrected chi connectivity index (χ3v) is 3.41. The molecular weight excluding hydrogens is 318 g/mol. The molecule has 1 heterocycles. The smallest absolute Gasteiger partial charge is 0.248 e. The summed E-state index contributed by atoms with van der Waals surface area (Å²) >= 11 is 9.25. The van der Waals surface area contributed by atoms with Crippen molar-refractivity contribution in [3.63, 3.8) is 0 Å². The standard InChI is InChI=1S/C12H11BrClN3O/c1-8(17-6-2-5-15-17)12(18)16-11-7-9(14)3-4-10(11)13/h2-8H,1H3,(H,16,18). The van der Waals surface area contributed by atoms with Gasteiger partial charge in [0.15, 0.2) is 0 Å². The number of nitrogens with zero attached hydrogens (tertiary/aromatic N) is 2. The first-order chi connectivity index (χ1) is 8.58. The Morgan fingerprint density at radius 1 is 1.56 bits per heavy atom. The summed E-state index contributed by atoms with van der Waals surface area (Å²) in [7, 11) is 0. The normalized spacial score (nSPS) is 12.2. The number of aromatic nitrogens is 2. The van der Waals surface area contributed by atoms with E-state index in [-0.39, 0.29) is 11.9 Å². The fraction of sp³-hybridized carbons (Fsp3) is 0.167. The summed E-state index contributed by atoms with van der Waals surface area (Å²) < 4.78 is 2.38. The molecule has 18 heavy (non-hydrogen) atoms. The Labute approximate surface area is 118 Å². The molecule has 1 unspecified atom stereocenters. The van der Waals surface area contributed by atoms with Gasteiger partial charge >= 0.3 is 0 Å². The van der Waals surface area contributed by atoms with Gasteiger partial charge in [0.05, 0.1) is 5.69 Å². The Morgan fingerprint density at radius 3 is 3.00 bits per heavy atom. The molecule has 4 nitrogen and oxygen atoms in total. The molecule has 94 valence electrons. The van der Waals surface area contributed by atoms with Gasteiger partial charge in [0.1, 0.15) is 6.04 Å². The number of hydrogen-bond acceptors (Lipinski definition) is 2. The molecule has 2 rings (SSSR count). The maximum absolute atomic E-state index is 12.0. The van der Waals surface area contributed by atoms with Crippen LogP contribution in [0.3, 0.4) is 0 Å². The van der Waals surface area contributed by atoms with Gasteiger partial charge in [0.25, 0.3) is 0 Å². The molecule has 1 amide bonds. The van der Waals surface area contributed by atoms with Crippen LogP contribution in [0.15, 0.2) is 41.1 Å². The number of amides is 1. The van der Waals surface area contributed by atoms with Crippen LogP contribution in [0.4, 0.5) is 5.69 Å². The van der Waals surface area contributed by atoms with Crippen LogP contribution in [0.25, 0.3) is 0 Å². The van der Waals surface area contributed by atoms with Gasteiger partial charge in [-0.05, 0) is 47.1 Å². The van der Waals surface area contributed by atoms with Crippen molar-refractivity contribution in [2.24, 2.45) is 0 Å². The lowest BCUT2D eigenvalue weighted by molar-refractivity contribution is -0.119. The second kappa shape index (κ2) is 5.54. The number of halogens is 2. The van der Waals surface area contributed by atoms with Gasteiger partial charge in [-0.25, -0.2) is 0 Å². The largest absolute Gasteiger partial charge is 0.323 e. The van der Waals surface area contributed by atoms with E-state index in [1.54, 1.807) is 48.3 Å². The van der Waals surface area contributed by atoms with Gasteiger partial charge in [-0.1, -0.05) is 11.6 Å². The maximum Gasteiger partial charge on any atom is 0.248 e. The summed E-state index contributed by atoms with van der Waals surface area (Å²) in [5, 5.41) is 7.41. The molecular formula is C12H11BrClN3O. The minimum atomic E-state index is -0.383. The first kappa shape index (κ1) is 13.1. The number of carbonyl (C=O) groups is 1. The predicted molar refractivity (Wildman–Crippen MR) is 74.7 cm³/mol. The summed E-state index contributed by atoms with van der Waals surface area (Å²) in [6, 6.07) is 6.62. The summed E-state index contributed by atoms with van der Waals surface area (Å²) in [5.74, 6) is -0.151. The number of anilines is 1. The molecule has 1 atom stereocenters. The molecule has 1 aromatic carbocycles. The molecule has 0 aliphatic rings. The van der Waals surface area contributed by atoms with Gasteiger partial charge in [-0.2, -0.15) is 5.10 Å². The van der Waals surface area contributed by atoms with Crippen molar-refractivity contribution in [2.75, 3.05) is 5.32 Å². The highest BCUT2D eigenvalue weighted by Gasteiger charge is 2.16. The molecule has 0 bridgehead atoms. The van der Waals surface area contributed by atoms with Crippen molar-refractivity contribution < 1.29 is 4.79 Å². The molecule has 0 radical (unpaired) electrons. The van der Waals surface area contributed by atoms with Crippen LogP contribution in [0.1, 0.15) is 13.0 Å². The molecule has 0 saturated heterocycles. The van der Waals surface area contributed by atoms with Crippen molar-refractivity contribution in [3.8, 4) is 0 Å². The highest BCUT2D eigenvalue weighted by molar-refractivity contribution is 9.10. The van der Waals surface area contributed by atoms with Crippen LogP contribution >= 0.6 is 27.5 Å². The third-order valence-electron chi connectivity index (χ3n) is 2.49. The average molecular weight is 329 g/mol. The van der Waals surface area contributed by atoms with Crippen molar-refractivity contribution in [1.29, 1.82) is 0 Å². The van der Waals surface area contributed by atoms with Gasteiger partial charge in [-0.15, -0.1) is 0 Å². The van der Waals surface area contributed by atoms with Gasteiger partial charge < -0.3 is 5.32 Å². The van der Waals surface area contributed by atoms with E-state index in [2.05, 4.69) is 26.3 Å². The van der Waals surface area contributed by atoms with Crippen LogP contribution in [-0.4, -0.2) is 15.7 Å². The highest BCUT2D eigenvalue weighted by atomic mass is 79.9. The van der Waals surface area contributed by atoms with Gasteiger partial charge in [0, 0.05) is 21.9 Å². The van der Waals surface area contributed by atoms with E-state index in [9.17, 15) is 4.79 Å². The number of benzene rings is 1. The Bertz CT molecular complexity index is 556. The van der Waals surface area contributed by atoms with E-state index in [0.29, 0.717) is 10.7 Å². The lowest BCUT2D eigenvalue weighted by Gasteiger charge is -2.13. The summed E-state index contributed by atoms with van der Waals surface area (Å²) in [5.41, 5.74) is 0.645. The van der Waals surface area contributed by atoms with Crippen LogP contribution in [0.5, 0.6) is 0 Å². The molecule has 1 N–H and O–H groups in total. The molecule has 2 aromatic rings. The Kier molecular flexibility index (Phi) is 4.04. The van der Waals surface area contributed by atoms with Crippen molar-refractivity contribution >= 4 is 39.1 Å². The number of rotatable bonds is 3. The monoisotopic (exact) mass is 327 g/mol. The Balaban J connectivity index is 2.14. The van der Waals surface area contributed by atoms with Crippen LogP contribution in [0.2, 0.25) is 5.02 Å². The van der Waals surface area contributed by atoms with E-state index in [0.717, 1.165) is 4.47 Å². The first-order valence-corrected chi connectivity index (χ1v) is 6.50. The summed E-state index contributed by atoms with van der Waals surface area (Å²) in [6.07, 6.45) is 3.39. The molecule has 6 heteroatoms. The fourth-order valence-electron chi connectivity index (χ4n) is 1.46. The van der Waals surface area contributed by atoms with Crippen LogP contribution < -0.4 is 5.32 Å². The lowest BCUT2D eigenvalue weighted by atomic mass is 10.2. The van der Waals surface area contributed by atoms with E-state index in [1.807, 2.05) is 0 Å². The van der Waals surface area contributed by atoms with Gasteiger partial charge in [-0.3, -0.25) is 9.48 Å². The number of carbonyl (C=O) groups excluding carboxylic acids is 1. The first-order valence-electron chi connectivity index (χ1n) is 5.33. The topological polar surface area (TPSA) is 46.9 Å². The minimum Gasteiger partial charge on any atom is -0.323 e. The van der Waals surface area contributed by atoms with Crippen LogP contribution in [0, 0.1) is 0 Å². The predicted octanol–water partition coefficient (Wildman–Crippen LogP) is 3.50. The Morgan fingerprint density at radius 2 is 2.33 bits per heavy atom.